The molecule has 3 N–H and O–H groups in total. The molecule has 1 aromatic carbocycles. The Morgan fingerprint density at radius 3 is 2.68 bits per heavy atom. The zero-order valence-corrected chi connectivity index (χ0v) is 16.8. The van der Waals surface area contributed by atoms with E-state index in [2.05, 4.69) is 10.2 Å². The molecule has 2 saturated heterocycles. The third-order valence-electron chi connectivity index (χ3n) is 6.15. The van der Waals surface area contributed by atoms with Gasteiger partial charge in [0.05, 0.1) is 0 Å². The van der Waals surface area contributed by atoms with Gasteiger partial charge in [0.25, 0.3) is 0 Å². The first-order valence-corrected chi connectivity index (χ1v) is 10.7. The lowest BCUT2D eigenvalue weighted by atomic mass is 9.82. The van der Waals surface area contributed by atoms with E-state index in [1.807, 2.05) is 30.3 Å². The maximum absolute atomic E-state index is 12.7. The van der Waals surface area contributed by atoms with Crippen LogP contribution in [0.1, 0.15) is 50.5 Å². The zero-order valence-electron chi connectivity index (χ0n) is 16.8. The van der Waals surface area contributed by atoms with Crippen LogP contribution < -0.4 is 11.1 Å². The summed E-state index contributed by atoms with van der Waals surface area (Å²) in [6.45, 7) is 4.00. The average molecular weight is 387 g/mol. The standard InChI is InChI=1S/C22H34N4O2/c23-21(27)12-16-26(17-18-7-2-1-3-8-18)22(28)24-13-11-19-9-6-15-25-14-5-4-10-20(19)25/h1-3,7-8,19-20H,4-6,9-17H2,(H2,23,27)(H,24,28)/t19-,20+/m0/s1. The van der Waals surface area contributed by atoms with Crippen LogP contribution in [0.25, 0.3) is 0 Å². The van der Waals surface area contributed by atoms with Crippen molar-refractivity contribution in [2.75, 3.05) is 26.2 Å². The lowest BCUT2D eigenvalue weighted by Gasteiger charge is -2.44. The first-order chi connectivity index (χ1) is 13.6. The van der Waals surface area contributed by atoms with Gasteiger partial charge in [-0.2, -0.15) is 0 Å². The molecule has 2 aliphatic rings. The molecule has 154 valence electrons. The van der Waals surface area contributed by atoms with Crippen LogP contribution in [-0.4, -0.2) is 54.0 Å². The molecular formula is C22H34N4O2. The lowest BCUT2D eigenvalue weighted by Crippen LogP contribution is -2.49. The van der Waals surface area contributed by atoms with Crippen LogP contribution in [0, 0.1) is 5.92 Å². The summed E-state index contributed by atoms with van der Waals surface area (Å²) >= 11 is 0. The van der Waals surface area contributed by atoms with E-state index in [1.54, 1.807) is 4.90 Å². The second kappa shape index (κ2) is 10.5. The highest BCUT2D eigenvalue weighted by molar-refractivity contribution is 5.77. The molecule has 28 heavy (non-hydrogen) atoms. The molecule has 1 aromatic rings. The highest BCUT2D eigenvalue weighted by Gasteiger charge is 2.32. The number of hydrogen-bond acceptors (Lipinski definition) is 3. The van der Waals surface area contributed by atoms with Crippen molar-refractivity contribution in [3.05, 3.63) is 35.9 Å². The van der Waals surface area contributed by atoms with Crippen molar-refractivity contribution in [1.29, 1.82) is 0 Å². The second-order valence-electron chi connectivity index (χ2n) is 8.15. The predicted molar refractivity (Wildman–Crippen MR) is 111 cm³/mol. The van der Waals surface area contributed by atoms with Crippen molar-refractivity contribution in [2.45, 2.75) is 57.5 Å². The highest BCUT2D eigenvalue weighted by atomic mass is 16.2. The molecule has 0 radical (unpaired) electrons. The fraction of sp³-hybridized carbons (Fsp3) is 0.636. The van der Waals surface area contributed by atoms with Gasteiger partial charge in [-0.25, -0.2) is 4.79 Å². The van der Waals surface area contributed by atoms with E-state index in [9.17, 15) is 9.59 Å². The third-order valence-corrected chi connectivity index (χ3v) is 6.15. The molecule has 2 aliphatic heterocycles. The summed E-state index contributed by atoms with van der Waals surface area (Å²) in [5.41, 5.74) is 6.34. The number of carbonyl (C=O) groups is 2. The van der Waals surface area contributed by atoms with Crippen LogP contribution in [-0.2, 0) is 11.3 Å². The molecular weight excluding hydrogens is 352 g/mol. The van der Waals surface area contributed by atoms with E-state index in [-0.39, 0.29) is 18.4 Å². The van der Waals surface area contributed by atoms with Crippen LogP contribution in [0.15, 0.2) is 30.3 Å². The Kier molecular flexibility index (Phi) is 7.71. The van der Waals surface area contributed by atoms with Crippen molar-refractivity contribution in [3.8, 4) is 0 Å². The number of piperidine rings is 2. The van der Waals surface area contributed by atoms with E-state index >= 15 is 0 Å². The van der Waals surface area contributed by atoms with Crippen LogP contribution >= 0.6 is 0 Å². The first kappa shape index (κ1) is 20.6. The second-order valence-corrected chi connectivity index (χ2v) is 8.15. The largest absolute Gasteiger partial charge is 0.370 e. The number of nitrogens with one attached hydrogen (secondary N) is 1. The number of fused-ring (bicyclic) bond motifs is 1. The van der Waals surface area contributed by atoms with E-state index < -0.39 is 0 Å². The fourth-order valence-corrected chi connectivity index (χ4v) is 4.69. The topological polar surface area (TPSA) is 78.7 Å². The summed E-state index contributed by atoms with van der Waals surface area (Å²) in [4.78, 5) is 28.3. The van der Waals surface area contributed by atoms with Gasteiger partial charge in [0.1, 0.15) is 0 Å². The predicted octanol–water partition coefficient (Wildman–Crippen LogP) is 2.73. The zero-order chi connectivity index (χ0) is 19.8. The van der Waals surface area contributed by atoms with Crippen LogP contribution in [0.5, 0.6) is 0 Å². The molecule has 3 rings (SSSR count). The summed E-state index contributed by atoms with van der Waals surface area (Å²) in [5.74, 6) is 0.299. The molecule has 2 atom stereocenters. The summed E-state index contributed by atoms with van der Waals surface area (Å²) in [5, 5.41) is 3.09. The van der Waals surface area contributed by atoms with Gasteiger partial charge in [-0.1, -0.05) is 36.8 Å². The molecule has 0 unspecified atom stereocenters. The minimum atomic E-state index is -0.384. The fourth-order valence-electron chi connectivity index (χ4n) is 4.69. The van der Waals surface area contributed by atoms with Crippen molar-refractivity contribution in [1.82, 2.24) is 15.1 Å². The normalized spacial score (nSPS) is 22.3. The molecule has 2 fully saturated rings. The van der Waals surface area contributed by atoms with Crippen molar-refractivity contribution < 1.29 is 9.59 Å². The monoisotopic (exact) mass is 386 g/mol. The molecule has 6 nitrogen and oxygen atoms in total. The Hall–Kier alpha value is -2.08. The SMILES string of the molecule is NC(=O)CCN(Cc1ccccc1)C(=O)NCC[C@@H]1CCCN2CCCC[C@H]12. The van der Waals surface area contributed by atoms with Gasteiger partial charge in [0, 0.05) is 32.1 Å². The quantitative estimate of drug-likeness (QED) is 0.721. The summed E-state index contributed by atoms with van der Waals surface area (Å²) < 4.78 is 0. The molecule has 2 heterocycles. The maximum Gasteiger partial charge on any atom is 0.317 e. The molecule has 6 heteroatoms. The van der Waals surface area contributed by atoms with Crippen molar-refractivity contribution in [3.63, 3.8) is 0 Å². The molecule has 0 aromatic heterocycles. The van der Waals surface area contributed by atoms with Gasteiger partial charge < -0.3 is 20.9 Å². The Morgan fingerprint density at radius 2 is 1.89 bits per heavy atom. The number of nitrogens with two attached hydrogens (primary N) is 1. The van der Waals surface area contributed by atoms with Crippen LogP contribution in [0.3, 0.4) is 0 Å². The van der Waals surface area contributed by atoms with Crippen LogP contribution in [0.4, 0.5) is 4.79 Å². The van der Waals surface area contributed by atoms with Gasteiger partial charge in [-0.15, -0.1) is 0 Å². The number of benzene rings is 1. The highest BCUT2D eigenvalue weighted by Crippen LogP contribution is 2.32. The smallest absolute Gasteiger partial charge is 0.317 e. The van der Waals surface area contributed by atoms with Gasteiger partial charge in [-0.05, 0) is 56.7 Å². The Labute approximate surface area is 168 Å². The van der Waals surface area contributed by atoms with Crippen LogP contribution in [0.2, 0.25) is 0 Å². The molecule has 3 amide bonds. The van der Waals surface area contributed by atoms with Gasteiger partial charge in [-0.3, -0.25) is 4.79 Å². The molecule has 0 bridgehead atoms. The van der Waals surface area contributed by atoms with Gasteiger partial charge in [0.2, 0.25) is 5.91 Å². The van der Waals surface area contributed by atoms with E-state index in [0.29, 0.717) is 31.6 Å². The number of hydrogen-bond donors (Lipinski definition) is 2. The lowest BCUT2D eigenvalue weighted by molar-refractivity contribution is -0.118. The molecule has 0 spiro atoms. The van der Waals surface area contributed by atoms with Gasteiger partial charge >= 0.3 is 6.03 Å². The van der Waals surface area contributed by atoms with E-state index in [0.717, 1.165) is 12.0 Å². The third kappa shape index (κ3) is 5.96. The van der Waals surface area contributed by atoms with E-state index in [4.69, 9.17) is 5.73 Å². The summed E-state index contributed by atoms with van der Waals surface area (Å²) in [6, 6.07) is 10.4. The maximum atomic E-state index is 12.7. The summed E-state index contributed by atoms with van der Waals surface area (Å²) in [6.07, 6.45) is 7.72. The molecule has 0 aliphatic carbocycles. The summed E-state index contributed by atoms with van der Waals surface area (Å²) in [7, 11) is 0. The molecule has 0 saturated carbocycles. The van der Waals surface area contributed by atoms with E-state index in [1.165, 1.54) is 45.2 Å². The number of amides is 3. The number of rotatable bonds is 8. The minimum absolute atomic E-state index is 0.110. The van der Waals surface area contributed by atoms with Gasteiger partial charge in [0.15, 0.2) is 0 Å². The number of carbonyl (C=O) groups excluding carboxylic acids is 2. The number of nitrogens with zero attached hydrogens (tertiary/aromatic N) is 2. The van der Waals surface area contributed by atoms with Crippen molar-refractivity contribution >= 4 is 11.9 Å². The number of primary amides is 1. The Balaban J connectivity index is 1.50. The average Bonchev–Trinajstić information content (AvgIpc) is 2.72. The minimum Gasteiger partial charge on any atom is -0.370 e. The first-order valence-electron chi connectivity index (χ1n) is 10.7. The Bertz CT molecular complexity index is 635. The van der Waals surface area contributed by atoms with Crippen molar-refractivity contribution in [2.24, 2.45) is 11.7 Å². The number of urea groups is 1. The Morgan fingerprint density at radius 1 is 1.11 bits per heavy atom.